The predicted molar refractivity (Wildman–Crippen MR) is 82.8 cm³/mol. The fourth-order valence-electron chi connectivity index (χ4n) is 2.68. The maximum Gasteiger partial charge on any atom is 0.154 e. The van der Waals surface area contributed by atoms with Crippen molar-refractivity contribution in [2.75, 3.05) is 26.5 Å². The zero-order chi connectivity index (χ0) is 15.5. The number of nitrogens with one attached hydrogen (secondary N) is 1. The largest absolute Gasteiger partial charge is 0.497 e. The van der Waals surface area contributed by atoms with E-state index in [9.17, 15) is 8.42 Å². The van der Waals surface area contributed by atoms with Crippen molar-refractivity contribution in [3.63, 3.8) is 0 Å². The molecule has 0 radical (unpaired) electrons. The SMILES string of the molecule is COc1ccc(C(C)NCC2CCCS2(=O)=O)c(OC)c1. The van der Waals surface area contributed by atoms with Crippen molar-refractivity contribution in [1.82, 2.24) is 5.32 Å². The molecule has 1 aromatic rings. The van der Waals surface area contributed by atoms with Gasteiger partial charge >= 0.3 is 0 Å². The van der Waals surface area contributed by atoms with Gasteiger partial charge in [-0.3, -0.25) is 0 Å². The zero-order valence-corrected chi connectivity index (χ0v) is 13.6. The Balaban J connectivity index is 2.05. The summed E-state index contributed by atoms with van der Waals surface area (Å²) < 4.78 is 34.2. The highest BCUT2D eigenvalue weighted by Crippen LogP contribution is 2.29. The second kappa shape index (κ2) is 6.66. The fourth-order valence-corrected chi connectivity index (χ4v) is 4.46. The summed E-state index contributed by atoms with van der Waals surface area (Å²) in [7, 11) is 0.325. The summed E-state index contributed by atoms with van der Waals surface area (Å²) in [5.41, 5.74) is 0.994. The van der Waals surface area contributed by atoms with Crippen LogP contribution in [0, 0.1) is 0 Å². The predicted octanol–water partition coefficient (Wildman–Crippen LogP) is 1.93. The van der Waals surface area contributed by atoms with Crippen molar-refractivity contribution in [1.29, 1.82) is 0 Å². The Morgan fingerprint density at radius 2 is 2.10 bits per heavy atom. The maximum absolute atomic E-state index is 11.8. The molecule has 21 heavy (non-hydrogen) atoms. The van der Waals surface area contributed by atoms with Gasteiger partial charge in [-0.25, -0.2) is 8.42 Å². The first kappa shape index (κ1) is 16.1. The van der Waals surface area contributed by atoms with Gasteiger partial charge in [0.05, 0.1) is 25.2 Å². The normalized spacial score (nSPS) is 22.0. The number of benzene rings is 1. The lowest BCUT2D eigenvalue weighted by molar-refractivity contribution is 0.385. The van der Waals surface area contributed by atoms with Crippen molar-refractivity contribution in [3.05, 3.63) is 23.8 Å². The molecule has 1 N–H and O–H groups in total. The third-order valence-corrected chi connectivity index (χ3v) is 6.30. The number of methoxy groups -OCH3 is 2. The van der Waals surface area contributed by atoms with Gasteiger partial charge < -0.3 is 14.8 Å². The van der Waals surface area contributed by atoms with E-state index in [1.165, 1.54) is 0 Å². The van der Waals surface area contributed by atoms with Crippen LogP contribution in [0.15, 0.2) is 18.2 Å². The van der Waals surface area contributed by atoms with Gasteiger partial charge in [-0.1, -0.05) is 6.07 Å². The lowest BCUT2D eigenvalue weighted by atomic mass is 10.1. The number of hydrogen-bond donors (Lipinski definition) is 1. The number of ether oxygens (including phenoxy) is 2. The average Bonchev–Trinajstić information content (AvgIpc) is 2.82. The summed E-state index contributed by atoms with van der Waals surface area (Å²) in [6, 6.07) is 5.67. The van der Waals surface area contributed by atoms with Crippen molar-refractivity contribution in [3.8, 4) is 11.5 Å². The summed E-state index contributed by atoms with van der Waals surface area (Å²) in [5, 5.41) is 3.05. The van der Waals surface area contributed by atoms with Gasteiger partial charge in [-0.2, -0.15) is 0 Å². The lowest BCUT2D eigenvalue weighted by Gasteiger charge is -2.20. The molecule has 0 aromatic heterocycles. The van der Waals surface area contributed by atoms with E-state index in [0.29, 0.717) is 12.3 Å². The number of hydrogen-bond acceptors (Lipinski definition) is 5. The van der Waals surface area contributed by atoms with Gasteiger partial charge in [0.25, 0.3) is 0 Å². The molecule has 6 heteroatoms. The molecule has 2 atom stereocenters. The van der Waals surface area contributed by atoms with E-state index in [1.807, 2.05) is 25.1 Å². The summed E-state index contributed by atoms with van der Waals surface area (Å²) >= 11 is 0. The molecule has 1 aliphatic heterocycles. The molecule has 0 amide bonds. The Hall–Kier alpha value is -1.27. The van der Waals surface area contributed by atoms with Gasteiger partial charge in [0.15, 0.2) is 9.84 Å². The standard InChI is InChI=1S/C15H23NO4S/c1-11(16-10-13-5-4-8-21(13,17)18)14-7-6-12(19-2)9-15(14)20-3/h6-7,9,11,13,16H,4-5,8,10H2,1-3H3. The van der Waals surface area contributed by atoms with Gasteiger partial charge in [-0.15, -0.1) is 0 Å². The van der Waals surface area contributed by atoms with E-state index < -0.39 is 9.84 Å². The summed E-state index contributed by atoms with van der Waals surface area (Å²) in [4.78, 5) is 0. The maximum atomic E-state index is 11.8. The van der Waals surface area contributed by atoms with Gasteiger partial charge in [0, 0.05) is 24.2 Å². The first-order valence-corrected chi connectivity index (χ1v) is 8.86. The second-order valence-electron chi connectivity index (χ2n) is 5.37. The molecule has 1 heterocycles. The van der Waals surface area contributed by atoms with Crippen molar-refractivity contribution < 1.29 is 17.9 Å². The van der Waals surface area contributed by atoms with Crippen molar-refractivity contribution >= 4 is 9.84 Å². The van der Waals surface area contributed by atoms with Crippen LogP contribution in [0.1, 0.15) is 31.4 Å². The van der Waals surface area contributed by atoms with Crippen LogP contribution < -0.4 is 14.8 Å². The monoisotopic (exact) mass is 313 g/mol. The molecule has 5 nitrogen and oxygen atoms in total. The molecule has 1 aliphatic rings. The van der Waals surface area contributed by atoms with Gasteiger partial charge in [0.2, 0.25) is 0 Å². The molecule has 0 saturated carbocycles. The molecule has 1 aromatic carbocycles. The number of sulfone groups is 1. The summed E-state index contributed by atoms with van der Waals surface area (Å²) in [6.45, 7) is 2.49. The minimum Gasteiger partial charge on any atom is -0.497 e. The second-order valence-corrected chi connectivity index (χ2v) is 7.77. The van der Waals surface area contributed by atoms with E-state index >= 15 is 0 Å². The minimum atomic E-state index is -2.91. The molecule has 118 valence electrons. The van der Waals surface area contributed by atoms with Crippen LogP contribution >= 0.6 is 0 Å². The molecule has 2 rings (SSSR count). The molecule has 1 saturated heterocycles. The summed E-state index contributed by atoms with van der Waals surface area (Å²) in [6.07, 6.45) is 1.52. The van der Waals surface area contributed by atoms with Crippen LogP contribution in [0.25, 0.3) is 0 Å². The van der Waals surface area contributed by atoms with Gasteiger partial charge in [0.1, 0.15) is 11.5 Å². The Morgan fingerprint density at radius 3 is 2.67 bits per heavy atom. The number of rotatable bonds is 6. The van der Waals surface area contributed by atoms with Crippen molar-refractivity contribution in [2.24, 2.45) is 0 Å². The molecule has 1 fully saturated rings. The highest BCUT2D eigenvalue weighted by molar-refractivity contribution is 7.92. The minimum absolute atomic E-state index is 0.0154. The molecule has 2 unspecified atom stereocenters. The highest BCUT2D eigenvalue weighted by atomic mass is 32.2. The topological polar surface area (TPSA) is 64.6 Å². The summed E-state index contributed by atoms with van der Waals surface area (Å²) in [5.74, 6) is 1.80. The molecule has 0 aliphatic carbocycles. The van der Waals surface area contributed by atoms with Crippen LogP contribution in [0.3, 0.4) is 0 Å². The first-order valence-electron chi connectivity index (χ1n) is 7.15. The first-order chi connectivity index (χ1) is 9.97. The fraction of sp³-hybridized carbons (Fsp3) is 0.600. The molecular formula is C15H23NO4S. The van der Waals surface area contributed by atoms with E-state index in [0.717, 1.165) is 29.9 Å². The quantitative estimate of drug-likeness (QED) is 0.869. The Labute approximate surface area is 126 Å². The Morgan fingerprint density at radius 1 is 1.33 bits per heavy atom. The lowest BCUT2D eigenvalue weighted by Crippen LogP contribution is -2.32. The van der Waals surface area contributed by atoms with Crippen molar-refractivity contribution in [2.45, 2.75) is 31.1 Å². The molecule has 0 bridgehead atoms. The van der Waals surface area contributed by atoms with Crippen LogP contribution in [-0.2, 0) is 9.84 Å². The van der Waals surface area contributed by atoms with E-state index in [-0.39, 0.29) is 11.3 Å². The van der Waals surface area contributed by atoms with E-state index in [2.05, 4.69) is 5.32 Å². The van der Waals surface area contributed by atoms with E-state index in [1.54, 1.807) is 14.2 Å². The van der Waals surface area contributed by atoms with Crippen LogP contribution in [0.5, 0.6) is 11.5 Å². The highest BCUT2D eigenvalue weighted by Gasteiger charge is 2.31. The Kier molecular flexibility index (Phi) is 5.11. The van der Waals surface area contributed by atoms with E-state index in [4.69, 9.17) is 9.47 Å². The average molecular weight is 313 g/mol. The third kappa shape index (κ3) is 3.68. The Bertz CT molecular complexity index is 585. The smallest absolute Gasteiger partial charge is 0.154 e. The van der Waals surface area contributed by atoms with Crippen LogP contribution in [-0.4, -0.2) is 40.2 Å². The molecular weight excluding hydrogens is 290 g/mol. The van der Waals surface area contributed by atoms with Gasteiger partial charge in [-0.05, 0) is 25.8 Å². The van der Waals surface area contributed by atoms with Crippen LogP contribution in [0.2, 0.25) is 0 Å². The zero-order valence-electron chi connectivity index (χ0n) is 12.8. The molecule has 0 spiro atoms. The van der Waals surface area contributed by atoms with Crippen LogP contribution in [0.4, 0.5) is 0 Å². The third-order valence-electron chi connectivity index (χ3n) is 4.02.